The van der Waals surface area contributed by atoms with E-state index in [0.717, 1.165) is 18.2 Å². The number of hydrogen-bond acceptors (Lipinski definition) is 3. The smallest absolute Gasteiger partial charge is 0.417 e. The van der Waals surface area contributed by atoms with Crippen LogP contribution in [-0.2, 0) is 6.18 Å². The molecule has 0 amide bonds. The lowest BCUT2D eigenvalue weighted by Crippen LogP contribution is -2.05. The Morgan fingerprint density at radius 2 is 1.84 bits per heavy atom. The topological polar surface area (TPSA) is 31.4 Å². The number of aromatic nitrogens is 1. The van der Waals surface area contributed by atoms with E-state index in [4.69, 9.17) is 32.7 Å². The highest BCUT2D eigenvalue weighted by atomic mass is 79.9. The molecule has 1 heterocycles. The summed E-state index contributed by atoms with van der Waals surface area (Å²) in [6.45, 7) is -0.0651. The third-order valence-corrected chi connectivity index (χ3v) is 3.61. The Kier molecular flexibility index (Phi) is 6.53. The van der Waals surface area contributed by atoms with E-state index >= 15 is 0 Å². The molecular weight excluding hydrogens is 453 g/mol. The van der Waals surface area contributed by atoms with E-state index in [1.54, 1.807) is 0 Å². The second-order valence-corrected chi connectivity index (χ2v) is 6.08. The lowest BCUT2D eigenvalue weighted by Gasteiger charge is -2.12. The maximum absolute atomic E-state index is 12.5. The number of benzene rings is 1. The first-order valence-corrected chi connectivity index (χ1v) is 8.06. The molecule has 0 bridgehead atoms. The first-order chi connectivity index (χ1) is 11.7. The van der Waals surface area contributed by atoms with Crippen LogP contribution < -0.4 is 9.47 Å². The summed E-state index contributed by atoms with van der Waals surface area (Å²) in [7, 11) is 0. The fourth-order valence-corrected chi connectivity index (χ4v) is 2.31. The van der Waals surface area contributed by atoms with E-state index in [1.165, 1.54) is 12.1 Å². The molecule has 0 saturated carbocycles. The van der Waals surface area contributed by atoms with Crippen LogP contribution in [0.3, 0.4) is 0 Å². The van der Waals surface area contributed by atoms with Crippen LogP contribution in [0.25, 0.3) is 0 Å². The van der Waals surface area contributed by atoms with Crippen molar-refractivity contribution in [1.82, 2.24) is 4.98 Å². The van der Waals surface area contributed by atoms with Crippen molar-refractivity contribution in [3.05, 3.63) is 56.9 Å². The van der Waals surface area contributed by atoms with E-state index < -0.39 is 16.5 Å². The van der Waals surface area contributed by atoms with Crippen LogP contribution in [0.15, 0.2) is 41.3 Å². The van der Waals surface area contributed by atoms with Gasteiger partial charge in [0.1, 0.15) is 12.4 Å². The Morgan fingerprint density at radius 3 is 2.32 bits per heavy atom. The fourth-order valence-electron chi connectivity index (χ4n) is 1.63. The number of nitrogens with zero attached hydrogens (tertiary/aromatic N) is 1. The molecule has 0 aliphatic carbocycles. The second kappa shape index (κ2) is 8.25. The molecule has 1 aromatic carbocycles. The summed E-state index contributed by atoms with van der Waals surface area (Å²) in [4.78, 5) is 3.57. The number of rotatable bonds is 5. The van der Waals surface area contributed by atoms with Gasteiger partial charge in [0, 0.05) is 24.4 Å². The van der Waals surface area contributed by atoms with E-state index in [9.17, 15) is 17.6 Å². The largest absolute Gasteiger partial charge is 0.489 e. The van der Waals surface area contributed by atoms with Gasteiger partial charge in [0.2, 0.25) is 5.88 Å². The maximum atomic E-state index is 12.5. The summed E-state index contributed by atoms with van der Waals surface area (Å²) < 4.78 is 60.0. The molecule has 10 heteroatoms. The van der Waals surface area contributed by atoms with Crippen LogP contribution in [0.4, 0.5) is 17.6 Å². The molecule has 0 atom stereocenters. The first kappa shape index (κ1) is 19.8. The van der Waals surface area contributed by atoms with Crippen LogP contribution in [-0.4, -0.2) is 11.6 Å². The van der Waals surface area contributed by atoms with Crippen molar-refractivity contribution in [2.24, 2.45) is 0 Å². The average molecular weight is 461 g/mol. The van der Waals surface area contributed by atoms with Crippen molar-refractivity contribution in [2.45, 2.75) is 6.18 Å². The number of alkyl halides is 3. The molecule has 0 spiro atoms. The molecule has 0 radical (unpaired) electrons. The lowest BCUT2D eigenvalue weighted by atomic mass is 10.3. The van der Waals surface area contributed by atoms with Gasteiger partial charge in [0.05, 0.1) is 15.6 Å². The molecule has 2 rings (SSSR count). The van der Waals surface area contributed by atoms with Gasteiger partial charge in [-0.1, -0.05) is 23.2 Å². The monoisotopic (exact) mass is 459 g/mol. The Bertz CT molecular complexity index is 755. The Morgan fingerprint density at radius 1 is 1.20 bits per heavy atom. The van der Waals surface area contributed by atoms with Crippen LogP contribution in [0.2, 0.25) is 10.0 Å². The van der Waals surface area contributed by atoms with Crippen molar-refractivity contribution in [3.63, 3.8) is 0 Å². The van der Waals surface area contributed by atoms with Crippen LogP contribution >= 0.6 is 39.1 Å². The molecule has 0 unspecified atom stereocenters. The van der Waals surface area contributed by atoms with Crippen molar-refractivity contribution in [2.75, 3.05) is 6.61 Å². The van der Waals surface area contributed by atoms with Crippen LogP contribution in [0.5, 0.6) is 17.4 Å². The maximum Gasteiger partial charge on any atom is 0.417 e. The summed E-state index contributed by atoms with van der Waals surface area (Å²) >= 11 is 14.7. The molecule has 0 saturated heterocycles. The van der Waals surface area contributed by atoms with Gasteiger partial charge in [-0.25, -0.2) is 4.98 Å². The number of pyridine rings is 1. The molecule has 0 fully saturated rings. The highest BCUT2D eigenvalue weighted by Crippen LogP contribution is 2.39. The van der Waals surface area contributed by atoms with Crippen LogP contribution in [0, 0.1) is 0 Å². The third kappa shape index (κ3) is 5.76. The number of ether oxygens (including phenoxy) is 2. The molecule has 1 aromatic heterocycles. The van der Waals surface area contributed by atoms with Gasteiger partial charge in [-0.2, -0.15) is 17.6 Å². The predicted octanol–water partition coefficient (Wildman–Crippen LogP) is 6.78. The quantitative estimate of drug-likeness (QED) is 0.460. The summed E-state index contributed by atoms with van der Waals surface area (Å²) in [5.74, 6) is 0.146. The van der Waals surface area contributed by atoms with Gasteiger partial charge in [-0.3, -0.25) is 0 Å². The lowest BCUT2D eigenvalue weighted by molar-refractivity contribution is -0.137. The molecule has 0 aliphatic rings. The summed E-state index contributed by atoms with van der Waals surface area (Å²) in [6, 6.07) is 4.60. The summed E-state index contributed by atoms with van der Waals surface area (Å²) in [6.07, 6.45) is -2.73. The van der Waals surface area contributed by atoms with Crippen molar-refractivity contribution >= 4 is 39.1 Å². The van der Waals surface area contributed by atoms with Gasteiger partial charge < -0.3 is 9.47 Å². The molecule has 0 aliphatic heterocycles. The molecular formula is C15H8BrCl2F4NO2. The molecule has 25 heavy (non-hydrogen) atoms. The predicted molar refractivity (Wildman–Crippen MR) is 89.4 cm³/mol. The number of hydrogen-bond donors (Lipinski definition) is 0. The van der Waals surface area contributed by atoms with Crippen molar-refractivity contribution in [1.29, 1.82) is 0 Å². The minimum atomic E-state index is -4.50. The highest BCUT2D eigenvalue weighted by molar-refractivity contribution is 9.11. The van der Waals surface area contributed by atoms with Crippen molar-refractivity contribution in [3.8, 4) is 17.4 Å². The third-order valence-electron chi connectivity index (χ3n) is 2.73. The van der Waals surface area contributed by atoms with E-state index in [2.05, 4.69) is 20.9 Å². The zero-order valence-corrected chi connectivity index (χ0v) is 15.2. The molecule has 3 nitrogen and oxygen atoms in total. The Labute approximate surface area is 158 Å². The minimum absolute atomic E-state index is 0.00477. The highest BCUT2D eigenvalue weighted by Gasteiger charge is 2.30. The zero-order chi connectivity index (χ0) is 18.6. The van der Waals surface area contributed by atoms with E-state index in [-0.39, 0.29) is 34.0 Å². The van der Waals surface area contributed by atoms with Gasteiger partial charge in [-0.15, -0.1) is 0 Å². The van der Waals surface area contributed by atoms with E-state index in [1.807, 2.05) is 0 Å². The molecule has 134 valence electrons. The van der Waals surface area contributed by atoms with Gasteiger partial charge in [0.15, 0.2) is 10.5 Å². The van der Waals surface area contributed by atoms with Crippen LogP contribution in [0.1, 0.15) is 5.56 Å². The van der Waals surface area contributed by atoms with Gasteiger partial charge in [-0.05, 0) is 28.1 Å². The molecule has 2 aromatic rings. The van der Waals surface area contributed by atoms with Crippen molar-refractivity contribution < 1.29 is 27.0 Å². The van der Waals surface area contributed by atoms with Gasteiger partial charge >= 0.3 is 6.18 Å². The summed E-state index contributed by atoms with van der Waals surface area (Å²) in [5.41, 5.74) is -0.909. The first-order valence-electron chi connectivity index (χ1n) is 6.51. The number of halogens is 7. The SMILES string of the molecule is F/C(Br)=C/COc1cc(Cl)c(Oc2ccc(C(F)(F)F)cn2)c(Cl)c1. The van der Waals surface area contributed by atoms with Gasteiger partial charge in [0.25, 0.3) is 0 Å². The average Bonchev–Trinajstić information content (AvgIpc) is 2.50. The zero-order valence-electron chi connectivity index (χ0n) is 12.1. The summed E-state index contributed by atoms with van der Waals surface area (Å²) in [5, 5.41) is 0.0972. The Balaban J connectivity index is 2.16. The Hall–Kier alpha value is -1.51. The normalized spacial score (nSPS) is 12.2. The van der Waals surface area contributed by atoms with E-state index in [0.29, 0.717) is 6.20 Å². The minimum Gasteiger partial charge on any atom is -0.489 e. The molecule has 0 N–H and O–H groups in total. The second-order valence-electron chi connectivity index (χ2n) is 4.51. The standard InChI is InChI=1S/C15H8BrCl2F4NO2/c16-12(19)3-4-24-9-5-10(17)14(11(18)6-9)25-13-2-1-8(7-23-13)15(20,21)22/h1-3,5-7H,4H2/b12-3+. The fraction of sp³-hybridized carbons (Fsp3) is 0.133.